The monoisotopic (exact) mass is 257 g/mol. The highest BCUT2D eigenvalue weighted by atomic mass is 16.6. The highest BCUT2D eigenvalue weighted by molar-refractivity contribution is 5.70. The van der Waals surface area contributed by atoms with Crippen LogP contribution in [0.5, 0.6) is 0 Å². The maximum Gasteiger partial charge on any atom is 0.410 e. The van der Waals surface area contributed by atoms with Gasteiger partial charge in [0.05, 0.1) is 18.7 Å². The zero-order chi connectivity index (χ0) is 13.5. The number of aliphatic hydroxyl groups is 1. The molecule has 0 bridgehead atoms. The molecular formula is C12H23N3O3. The summed E-state index contributed by atoms with van der Waals surface area (Å²) in [6.07, 6.45) is -0.381. The fraction of sp³-hybridized carbons (Fsp3) is 0.917. The van der Waals surface area contributed by atoms with Crippen LogP contribution < -0.4 is 11.1 Å². The van der Waals surface area contributed by atoms with Gasteiger partial charge in [0.25, 0.3) is 0 Å². The SMILES string of the molecule is CC(C)(C)OC(=O)N1[C@@H]2CNC[C@@H]2[C@@H](N)[C@@H]1CO. The third-order valence-corrected chi connectivity index (χ3v) is 3.67. The first kappa shape index (κ1) is 13.6. The summed E-state index contributed by atoms with van der Waals surface area (Å²) in [5.74, 6) is 0.203. The van der Waals surface area contributed by atoms with Crippen molar-refractivity contribution in [3.8, 4) is 0 Å². The molecule has 18 heavy (non-hydrogen) atoms. The molecular weight excluding hydrogens is 234 g/mol. The molecule has 0 radical (unpaired) electrons. The van der Waals surface area contributed by atoms with Gasteiger partial charge in [-0.15, -0.1) is 0 Å². The van der Waals surface area contributed by atoms with E-state index in [2.05, 4.69) is 5.32 Å². The Balaban J connectivity index is 2.16. The highest BCUT2D eigenvalue weighted by Gasteiger charge is 2.52. The van der Waals surface area contributed by atoms with Crippen molar-refractivity contribution >= 4 is 6.09 Å². The first-order chi connectivity index (χ1) is 8.35. The summed E-state index contributed by atoms with van der Waals surface area (Å²) in [4.78, 5) is 13.9. The molecule has 0 aromatic carbocycles. The molecule has 2 saturated heterocycles. The summed E-state index contributed by atoms with van der Waals surface area (Å²) in [6.45, 7) is 6.89. The smallest absolute Gasteiger partial charge is 0.410 e. The number of aliphatic hydroxyl groups excluding tert-OH is 1. The van der Waals surface area contributed by atoms with Gasteiger partial charge in [-0.2, -0.15) is 0 Å². The van der Waals surface area contributed by atoms with Crippen LogP contribution in [0.1, 0.15) is 20.8 Å². The second-order valence-electron chi connectivity index (χ2n) is 6.10. The van der Waals surface area contributed by atoms with Gasteiger partial charge < -0.3 is 20.9 Å². The number of fused-ring (bicyclic) bond motifs is 1. The second-order valence-corrected chi connectivity index (χ2v) is 6.10. The number of hydrogen-bond donors (Lipinski definition) is 3. The van der Waals surface area contributed by atoms with E-state index in [4.69, 9.17) is 10.5 Å². The molecule has 0 aromatic heterocycles. The van der Waals surface area contributed by atoms with Crippen LogP contribution in [0.15, 0.2) is 0 Å². The zero-order valence-corrected chi connectivity index (χ0v) is 11.2. The minimum absolute atomic E-state index is 0.0343. The van der Waals surface area contributed by atoms with Crippen molar-refractivity contribution in [2.24, 2.45) is 11.7 Å². The van der Waals surface area contributed by atoms with Gasteiger partial charge in [-0.25, -0.2) is 4.79 Å². The Kier molecular flexibility index (Phi) is 3.53. The van der Waals surface area contributed by atoms with Gasteiger partial charge in [-0.1, -0.05) is 0 Å². The van der Waals surface area contributed by atoms with Crippen molar-refractivity contribution < 1.29 is 14.6 Å². The molecule has 1 amide bonds. The lowest BCUT2D eigenvalue weighted by Crippen LogP contribution is -2.50. The molecule has 6 nitrogen and oxygen atoms in total. The second kappa shape index (κ2) is 4.68. The van der Waals surface area contributed by atoms with E-state index >= 15 is 0 Å². The average molecular weight is 257 g/mol. The molecule has 2 aliphatic heterocycles. The van der Waals surface area contributed by atoms with Crippen molar-refractivity contribution in [1.29, 1.82) is 0 Å². The van der Waals surface area contributed by atoms with Gasteiger partial charge in [0.15, 0.2) is 0 Å². The minimum Gasteiger partial charge on any atom is -0.444 e. The predicted molar refractivity (Wildman–Crippen MR) is 67.1 cm³/mol. The summed E-state index contributed by atoms with van der Waals surface area (Å²) in [7, 11) is 0. The Morgan fingerprint density at radius 1 is 1.50 bits per heavy atom. The number of carbonyl (C=O) groups excluding carboxylic acids is 1. The van der Waals surface area contributed by atoms with Gasteiger partial charge in [0.1, 0.15) is 5.60 Å². The number of likely N-dealkylation sites (tertiary alicyclic amines) is 1. The molecule has 6 heteroatoms. The molecule has 2 rings (SSSR count). The summed E-state index contributed by atoms with van der Waals surface area (Å²) in [6, 6.07) is -0.494. The van der Waals surface area contributed by atoms with E-state index in [1.807, 2.05) is 20.8 Å². The van der Waals surface area contributed by atoms with Crippen molar-refractivity contribution in [3.05, 3.63) is 0 Å². The lowest BCUT2D eigenvalue weighted by atomic mass is 9.97. The topological polar surface area (TPSA) is 87.8 Å². The lowest BCUT2D eigenvalue weighted by Gasteiger charge is -2.31. The molecule has 2 fully saturated rings. The number of nitrogens with zero attached hydrogens (tertiary/aromatic N) is 1. The maximum absolute atomic E-state index is 12.2. The quantitative estimate of drug-likeness (QED) is 0.590. The fourth-order valence-corrected chi connectivity index (χ4v) is 2.89. The van der Waals surface area contributed by atoms with Crippen LogP contribution in [-0.4, -0.2) is 59.5 Å². The van der Waals surface area contributed by atoms with Crippen LogP contribution in [0.4, 0.5) is 4.79 Å². The first-order valence-electron chi connectivity index (χ1n) is 6.43. The normalized spacial score (nSPS) is 35.7. The average Bonchev–Trinajstić information content (AvgIpc) is 2.77. The largest absolute Gasteiger partial charge is 0.444 e. The lowest BCUT2D eigenvalue weighted by molar-refractivity contribution is 0.00865. The van der Waals surface area contributed by atoms with Crippen LogP contribution in [-0.2, 0) is 4.74 Å². The van der Waals surface area contributed by atoms with E-state index in [-0.39, 0.29) is 36.7 Å². The molecule has 104 valence electrons. The fourth-order valence-electron chi connectivity index (χ4n) is 2.89. The first-order valence-corrected chi connectivity index (χ1v) is 6.43. The summed E-state index contributed by atoms with van der Waals surface area (Å²) >= 11 is 0. The molecule has 4 atom stereocenters. The van der Waals surface area contributed by atoms with Gasteiger partial charge in [-0.05, 0) is 20.8 Å². The summed E-state index contributed by atoms with van der Waals surface area (Å²) in [5.41, 5.74) is 5.58. The number of hydrogen-bond acceptors (Lipinski definition) is 5. The minimum atomic E-state index is -0.536. The standard InChI is InChI=1S/C12H23N3O3/c1-12(2,3)18-11(17)15-8-5-14-4-7(8)10(13)9(15)6-16/h7-10,14,16H,4-6,13H2,1-3H3/t7-,8+,9-,10+/m0/s1. The van der Waals surface area contributed by atoms with E-state index in [1.54, 1.807) is 4.90 Å². The third kappa shape index (κ3) is 2.32. The molecule has 0 saturated carbocycles. The Morgan fingerprint density at radius 3 is 2.72 bits per heavy atom. The van der Waals surface area contributed by atoms with Crippen LogP contribution in [0.2, 0.25) is 0 Å². The van der Waals surface area contributed by atoms with Crippen LogP contribution >= 0.6 is 0 Å². The maximum atomic E-state index is 12.2. The van der Waals surface area contributed by atoms with E-state index < -0.39 is 5.60 Å². The number of nitrogens with two attached hydrogens (primary N) is 1. The number of rotatable bonds is 1. The van der Waals surface area contributed by atoms with E-state index in [9.17, 15) is 9.90 Å². The molecule has 0 spiro atoms. The van der Waals surface area contributed by atoms with Crippen molar-refractivity contribution in [1.82, 2.24) is 10.2 Å². The Bertz CT molecular complexity index is 327. The highest BCUT2D eigenvalue weighted by Crippen LogP contribution is 2.32. The predicted octanol–water partition coefficient (Wildman–Crippen LogP) is -0.487. The van der Waals surface area contributed by atoms with Gasteiger partial charge in [0.2, 0.25) is 0 Å². The van der Waals surface area contributed by atoms with Crippen LogP contribution in [0, 0.1) is 5.92 Å². The number of carbonyl (C=O) groups is 1. The van der Waals surface area contributed by atoms with Gasteiger partial charge >= 0.3 is 6.09 Å². The molecule has 0 unspecified atom stereocenters. The van der Waals surface area contributed by atoms with E-state index in [0.29, 0.717) is 6.54 Å². The Morgan fingerprint density at radius 2 is 2.17 bits per heavy atom. The van der Waals surface area contributed by atoms with Crippen molar-refractivity contribution in [2.45, 2.75) is 44.5 Å². The van der Waals surface area contributed by atoms with E-state index in [1.165, 1.54) is 0 Å². The van der Waals surface area contributed by atoms with E-state index in [0.717, 1.165) is 6.54 Å². The van der Waals surface area contributed by atoms with Crippen molar-refractivity contribution in [2.75, 3.05) is 19.7 Å². The Hall–Kier alpha value is -0.850. The third-order valence-electron chi connectivity index (χ3n) is 3.67. The molecule has 2 heterocycles. The summed E-state index contributed by atoms with van der Waals surface area (Å²) in [5, 5.41) is 12.7. The van der Waals surface area contributed by atoms with Crippen LogP contribution in [0.3, 0.4) is 0 Å². The number of nitrogens with one attached hydrogen (secondary N) is 1. The van der Waals surface area contributed by atoms with Gasteiger partial charge in [0, 0.05) is 25.0 Å². The molecule has 4 N–H and O–H groups in total. The summed E-state index contributed by atoms with van der Waals surface area (Å²) < 4.78 is 5.40. The molecule has 0 aliphatic carbocycles. The zero-order valence-electron chi connectivity index (χ0n) is 11.2. The van der Waals surface area contributed by atoms with Gasteiger partial charge in [-0.3, -0.25) is 4.90 Å². The van der Waals surface area contributed by atoms with Crippen molar-refractivity contribution in [3.63, 3.8) is 0 Å². The number of ether oxygens (including phenoxy) is 1. The molecule has 0 aromatic rings. The number of amides is 1. The molecule has 2 aliphatic rings. The Labute approximate surface area is 107 Å². The van der Waals surface area contributed by atoms with Crippen LogP contribution in [0.25, 0.3) is 0 Å².